The number of benzene rings is 2. The molecule has 0 bridgehead atoms. The predicted octanol–water partition coefficient (Wildman–Crippen LogP) is 4.68. The van der Waals surface area contributed by atoms with Crippen molar-refractivity contribution in [1.29, 1.82) is 0 Å². The highest BCUT2D eigenvalue weighted by Crippen LogP contribution is 2.34. The van der Waals surface area contributed by atoms with Gasteiger partial charge < -0.3 is 20.3 Å². The van der Waals surface area contributed by atoms with Gasteiger partial charge in [0.1, 0.15) is 12.6 Å². The van der Waals surface area contributed by atoms with Gasteiger partial charge in [-0.1, -0.05) is 58.0 Å². The number of carbonyl (C=O) groups is 1. The van der Waals surface area contributed by atoms with E-state index in [9.17, 15) is 9.90 Å². The molecule has 0 aliphatic carbocycles. The number of aryl methyl sites for hydroxylation is 1. The molecule has 26 heavy (non-hydrogen) atoms. The Balaban J connectivity index is 0.00000146. The van der Waals surface area contributed by atoms with Gasteiger partial charge in [-0.3, -0.25) is 4.79 Å². The van der Waals surface area contributed by atoms with Crippen molar-refractivity contribution in [2.24, 2.45) is 0 Å². The summed E-state index contributed by atoms with van der Waals surface area (Å²) < 4.78 is 5.66. The molecule has 0 radical (unpaired) electrons. The minimum atomic E-state index is -1.00. The van der Waals surface area contributed by atoms with E-state index in [0.717, 1.165) is 5.56 Å². The largest absolute Gasteiger partial charge is 0.504 e. The number of aromatic hydroxyl groups is 1. The summed E-state index contributed by atoms with van der Waals surface area (Å²) in [5.74, 6) is -0.695. The Morgan fingerprint density at radius 1 is 1.12 bits per heavy atom. The summed E-state index contributed by atoms with van der Waals surface area (Å²) in [6, 6.07) is 11.9. The summed E-state index contributed by atoms with van der Waals surface area (Å²) in [4.78, 5) is 11.2. The number of hydrogen-bond donors (Lipinski definition) is 3. The summed E-state index contributed by atoms with van der Waals surface area (Å²) in [5.41, 5.74) is 2.16. The zero-order chi connectivity index (χ0) is 20.1. The van der Waals surface area contributed by atoms with Gasteiger partial charge in [-0.2, -0.15) is 0 Å². The first-order chi connectivity index (χ1) is 12.5. The molecule has 0 amide bonds. The zero-order valence-corrected chi connectivity index (χ0v) is 16.5. The number of carboxylic acid groups (broad SMARTS) is 1. The quantitative estimate of drug-likeness (QED) is 0.696. The van der Waals surface area contributed by atoms with E-state index < -0.39 is 12.0 Å². The third-order valence-corrected chi connectivity index (χ3v) is 3.37. The number of nitrogens with one attached hydrogen (secondary N) is 1. The lowest BCUT2D eigenvalue weighted by Crippen LogP contribution is -2.25. The number of phenols is 1. The molecule has 0 saturated carbocycles. The number of rotatable bonds is 6. The van der Waals surface area contributed by atoms with Crippen LogP contribution < -0.4 is 10.1 Å². The van der Waals surface area contributed by atoms with E-state index in [-0.39, 0.29) is 5.75 Å². The SMILES string of the molecule is CC.CC.CNC(C(=O)O)c1cc(C)c(OCc2ccccc2)c(O)c1. The topological polar surface area (TPSA) is 78.8 Å². The van der Waals surface area contributed by atoms with E-state index in [1.807, 2.05) is 58.0 Å². The first-order valence-electron chi connectivity index (χ1n) is 8.93. The number of likely N-dealkylation sites (N-methyl/N-ethyl adjacent to an activating group) is 1. The molecule has 5 nitrogen and oxygen atoms in total. The molecule has 144 valence electrons. The monoisotopic (exact) mass is 361 g/mol. The average Bonchev–Trinajstić information content (AvgIpc) is 2.65. The third-order valence-electron chi connectivity index (χ3n) is 3.37. The van der Waals surface area contributed by atoms with Crippen LogP contribution in [-0.4, -0.2) is 23.2 Å². The number of ether oxygens (including phenoxy) is 1. The Kier molecular flexibility index (Phi) is 11.5. The molecule has 3 N–H and O–H groups in total. The Morgan fingerprint density at radius 3 is 2.15 bits per heavy atom. The molecule has 0 aliphatic heterocycles. The molecule has 0 aliphatic rings. The van der Waals surface area contributed by atoms with Crippen molar-refractivity contribution in [3.8, 4) is 11.5 Å². The summed E-state index contributed by atoms with van der Waals surface area (Å²) in [5, 5.41) is 22.0. The van der Waals surface area contributed by atoms with E-state index >= 15 is 0 Å². The van der Waals surface area contributed by atoms with Crippen molar-refractivity contribution in [2.75, 3.05) is 7.05 Å². The summed E-state index contributed by atoms with van der Waals surface area (Å²) in [6.07, 6.45) is 0. The minimum Gasteiger partial charge on any atom is -0.504 e. The Morgan fingerprint density at radius 2 is 1.69 bits per heavy atom. The number of aliphatic carboxylic acids is 1. The van der Waals surface area contributed by atoms with Crippen molar-refractivity contribution < 1.29 is 19.7 Å². The molecular formula is C21H31NO4. The summed E-state index contributed by atoms with van der Waals surface area (Å²) in [6.45, 7) is 10.1. The van der Waals surface area contributed by atoms with Crippen LogP contribution in [0.25, 0.3) is 0 Å². The van der Waals surface area contributed by atoms with Gasteiger partial charge in [0.25, 0.3) is 0 Å². The van der Waals surface area contributed by atoms with Gasteiger partial charge in [-0.05, 0) is 42.8 Å². The molecule has 0 fully saturated rings. The fourth-order valence-electron chi connectivity index (χ4n) is 2.30. The zero-order valence-electron chi connectivity index (χ0n) is 16.5. The van der Waals surface area contributed by atoms with Crippen LogP contribution >= 0.6 is 0 Å². The maximum Gasteiger partial charge on any atom is 0.325 e. The van der Waals surface area contributed by atoms with E-state index in [1.165, 1.54) is 6.07 Å². The smallest absolute Gasteiger partial charge is 0.325 e. The highest BCUT2D eigenvalue weighted by atomic mass is 16.5. The van der Waals surface area contributed by atoms with Crippen LogP contribution in [0.3, 0.4) is 0 Å². The second-order valence-electron chi connectivity index (χ2n) is 5.02. The number of phenolic OH excluding ortho intramolecular Hbond substituents is 1. The van der Waals surface area contributed by atoms with Gasteiger partial charge in [0, 0.05) is 0 Å². The fourth-order valence-corrected chi connectivity index (χ4v) is 2.30. The molecule has 0 spiro atoms. The van der Waals surface area contributed by atoms with Crippen molar-refractivity contribution in [1.82, 2.24) is 5.32 Å². The molecule has 2 rings (SSSR count). The lowest BCUT2D eigenvalue weighted by Gasteiger charge is -2.16. The molecule has 2 aromatic rings. The van der Waals surface area contributed by atoms with Crippen molar-refractivity contribution in [3.05, 3.63) is 59.2 Å². The van der Waals surface area contributed by atoms with Gasteiger partial charge in [0.05, 0.1) is 0 Å². The van der Waals surface area contributed by atoms with Gasteiger partial charge in [-0.25, -0.2) is 0 Å². The number of carboxylic acids is 1. The van der Waals surface area contributed by atoms with Crippen LogP contribution in [0.1, 0.15) is 50.4 Å². The Labute approximate surface area is 156 Å². The lowest BCUT2D eigenvalue weighted by atomic mass is 10.0. The summed E-state index contributed by atoms with van der Waals surface area (Å²) >= 11 is 0. The predicted molar refractivity (Wildman–Crippen MR) is 106 cm³/mol. The summed E-state index contributed by atoms with van der Waals surface area (Å²) in [7, 11) is 1.56. The second-order valence-corrected chi connectivity index (χ2v) is 5.02. The highest BCUT2D eigenvalue weighted by molar-refractivity contribution is 5.76. The molecule has 0 saturated heterocycles. The minimum absolute atomic E-state index is 0.0626. The molecular weight excluding hydrogens is 330 g/mol. The lowest BCUT2D eigenvalue weighted by molar-refractivity contribution is -0.139. The first kappa shape index (κ1) is 23.5. The van der Waals surface area contributed by atoms with Crippen LogP contribution in [0.2, 0.25) is 0 Å². The molecule has 2 aromatic carbocycles. The maximum absolute atomic E-state index is 11.2. The van der Waals surface area contributed by atoms with Crippen molar-refractivity contribution >= 4 is 5.97 Å². The van der Waals surface area contributed by atoms with Crippen LogP contribution in [-0.2, 0) is 11.4 Å². The van der Waals surface area contributed by atoms with Crippen molar-refractivity contribution in [2.45, 2.75) is 47.3 Å². The molecule has 0 heterocycles. The van der Waals surface area contributed by atoms with Gasteiger partial charge in [0.2, 0.25) is 0 Å². The standard InChI is InChI=1S/C17H19NO4.2C2H6/c1-11-8-13(15(18-2)17(20)21)9-14(19)16(11)22-10-12-6-4-3-5-7-12;2*1-2/h3-9,15,18-19H,10H2,1-2H3,(H,20,21);2*1-2H3. The number of hydrogen-bond acceptors (Lipinski definition) is 4. The van der Waals surface area contributed by atoms with E-state index in [2.05, 4.69) is 5.32 Å². The molecule has 1 atom stereocenters. The van der Waals surface area contributed by atoms with E-state index in [4.69, 9.17) is 9.84 Å². The van der Waals surface area contributed by atoms with Crippen molar-refractivity contribution in [3.63, 3.8) is 0 Å². The van der Waals surface area contributed by atoms with Gasteiger partial charge in [0.15, 0.2) is 11.5 Å². The molecule has 5 heteroatoms. The van der Waals surface area contributed by atoms with Crippen LogP contribution in [0.4, 0.5) is 0 Å². The second kappa shape index (κ2) is 12.8. The van der Waals surface area contributed by atoms with E-state index in [0.29, 0.717) is 23.5 Å². The Hall–Kier alpha value is -2.53. The first-order valence-corrected chi connectivity index (χ1v) is 8.93. The normalized spacial score (nSPS) is 10.5. The Bertz CT molecular complexity index is 633. The fraction of sp³-hybridized carbons (Fsp3) is 0.381. The molecule has 0 aromatic heterocycles. The van der Waals surface area contributed by atoms with Crippen LogP contribution in [0.5, 0.6) is 11.5 Å². The van der Waals surface area contributed by atoms with E-state index in [1.54, 1.807) is 20.0 Å². The van der Waals surface area contributed by atoms with Gasteiger partial charge >= 0.3 is 5.97 Å². The third kappa shape index (κ3) is 6.76. The highest BCUT2D eigenvalue weighted by Gasteiger charge is 2.20. The van der Waals surface area contributed by atoms with Crippen LogP contribution in [0, 0.1) is 6.92 Å². The maximum atomic E-state index is 11.2. The average molecular weight is 361 g/mol. The van der Waals surface area contributed by atoms with Gasteiger partial charge in [-0.15, -0.1) is 0 Å². The van der Waals surface area contributed by atoms with Crippen LogP contribution in [0.15, 0.2) is 42.5 Å². The molecule has 1 unspecified atom stereocenters.